The van der Waals surface area contributed by atoms with Gasteiger partial charge in [0.05, 0.1) is 22.2 Å². The molecule has 2 aliphatic rings. The van der Waals surface area contributed by atoms with Crippen LogP contribution in [0.4, 0.5) is 32.2 Å². The minimum absolute atomic E-state index is 0.0800. The first-order valence-corrected chi connectivity index (χ1v) is 15.7. The van der Waals surface area contributed by atoms with Gasteiger partial charge in [-0.15, -0.1) is 0 Å². The van der Waals surface area contributed by atoms with Crippen LogP contribution in [-0.2, 0) is 18.9 Å². The number of amides is 1. The Hall–Kier alpha value is -4.38. The van der Waals surface area contributed by atoms with Crippen molar-refractivity contribution in [1.82, 2.24) is 14.8 Å². The van der Waals surface area contributed by atoms with Crippen molar-refractivity contribution in [3.8, 4) is 0 Å². The van der Waals surface area contributed by atoms with Gasteiger partial charge in [0, 0.05) is 31.1 Å². The summed E-state index contributed by atoms with van der Waals surface area (Å²) in [6, 6.07) is 17.0. The maximum absolute atomic E-state index is 14.2. The van der Waals surface area contributed by atoms with Crippen molar-refractivity contribution in [2.24, 2.45) is 0 Å². The first-order valence-electron chi connectivity index (χ1n) is 15.7. The van der Waals surface area contributed by atoms with Crippen LogP contribution in [0.3, 0.4) is 0 Å². The van der Waals surface area contributed by atoms with Crippen LogP contribution >= 0.6 is 0 Å². The minimum Gasteiger partial charge on any atom is -0.366 e. The fraction of sp³-hybridized carbons (Fsp3) is 0.333. The highest BCUT2D eigenvalue weighted by molar-refractivity contribution is 6.07. The molecular formula is C36H34F6N4O. The summed E-state index contributed by atoms with van der Waals surface area (Å²) in [5.74, 6) is 0.277. The van der Waals surface area contributed by atoms with Gasteiger partial charge in [-0.3, -0.25) is 4.79 Å². The fourth-order valence-corrected chi connectivity index (χ4v) is 6.34. The molecule has 11 heteroatoms. The number of alkyl halides is 6. The predicted molar refractivity (Wildman–Crippen MR) is 171 cm³/mol. The quantitative estimate of drug-likeness (QED) is 0.153. The van der Waals surface area contributed by atoms with E-state index in [9.17, 15) is 31.1 Å². The van der Waals surface area contributed by atoms with Crippen molar-refractivity contribution in [2.75, 3.05) is 31.5 Å². The van der Waals surface area contributed by atoms with E-state index in [-0.39, 0.29) is 18.5 Å². The van der Waals surface area contributed by atoms with Crippen LogP contribution in [0.1, 0.15) is 63.9 Å². The summed E-state index contributed by atoms with van der Waals surface area (Å²) < 4.78 is 78.7. The molecule has 2 fully saturated rings. The average molecular weight is 653 g/mol. The number of hydrogen-bond donors (Lipinski definition) is 1. The highest BCUT2D eigenvalue weighted by Gasteiger charge is 2.33. The van der Waals surface area contributed by atoms with Crippen LogP contribution in [0.2, 0.25) is 0 Å². The monoisotopic (exact) mass is 652 g/mol. The summed E-state index contributed by atoms with van der Waals surface area (Å²) in [6.07, 6.45) is -1.46. The number of aromatic nitrogens is 1. The molecule has 6 rings (SSSR count). The number of carbonyl (C=O) groups is 1. The summed E-state index contributed by atoms with van der Waals surface area (Å²) >= 11 is 0. The molecule has 0 saturated carbocycles. The van der Waals surface area contributed by atoms with E-state index >= 15 is 0 Å². The topological polar surface area (TPSA) is 48.5 Å². The number of anilines is 1. The molecule has 1 aromatic heterocycles. The Labute approximate surface area is 268 Å². The lowest BCUT2D eigenvalue weighted by molar-refractivity contribution is -0.138. The molecule has 4 aromatic rings. The summed E-state index contributed by atoms with van der Waals surface area (Å²) in [5, 5.41) is 3.77. The average Bonchev–Trinajstić information content (AvgIpc) is 3.74. The molecule has 0 radical (unpaired) electrons. The number of benzene rings is 3. The molecule has 0 unspecified atom stereocenters. The molecule has 1 N–H and O–H groups in total. The van der Waals surface area contributed by atoms with E-state index in [1.54, 1.807) is 36.4 Å². The number of nitrogens with one attached hydrogen (secondary N) is 1. The summed E-state index contributed by atoms with van der Waals surface area (Å²) in [4.78, 5) is 23.3. The van der Waals surface area contributed by atoms with Crippen LogP contribution in [0.25, 0.3) is 23.1 Å². The van der Waals surface area contributed by atoms with Crippen LogP contribution in [0.15, 0.2) is 72.8 Å². The predicted octanol–water partition coefficient (Wildman–Crippen LogP) is 8.76. The lowest BCUT2D eigenvalue weighted by Crippen LogP contribution is -2.42. The maximum Gasteiger partial charge on any atom is 0.416 e. The molecular weight excluding hydrogens is 618 g/mol. The Balaban J connectivity index is 1.31. The lowest BCUT2D eigenvalue weighted by Gasteiger charge is -2.29. The Morgan fingerprint density at radius 1 is 0.809 bits per heavy atom. The van der Waals surface area contributed by atoms with Crippen molar-refractivity contribution in [2.45, 2.75) is 50.6 Å². The SMILES string of the molecule is O=C(c1cc(NCc2ccc(C(F)(F)F)cc2)nc2ccc(C=Cc3cccc(C(F)(F)F)c3)cc12)N1CCC[C@H]1CN1CCCC1. The Kier molecular flexibility index (Phi) is 9.27. The van der Waals surface area contributed by atoms with Crippen LogP contribution in [0.5, 0.6) is 0 Å². The van der Waals surface area contributed by atoms with Gasteiger partial charge < -0.3 is 15.1 Å². The zero-order valence-electron chi connectivity index (χ0n) is 25.5. The second-order valence-corrected chi connectivity index (χ2v) is 12.1. The second-order valence-electron chi connectivity index (χ2n) is 12.1. The van der Waals surface area contributed by atoms with Crippen LogP contribution < -0.4 is 5.32 Å². The standard InChI is InChI=1S/C36H34F6N4O/c37-35(38,39)27-13-10-26(11-14-27)22-43-33-21-31(34(47)46-18-4-7-29(46)23-45-16-1-2-17-45)30-20-25(12-15-32(30)44-33)9-8-24-5-3-6-28(19-24)36(40,41)42/h3,5-6,8-15,19-21,29H,1-2,4,7,16-18,22-23H2,(H,43,44)/t29-/m0/s1. The van der Waals surface area contributed by atoms with Crippen molar-refractivity contribution in [1.29, 1.82) is 0 Å². The second kappa shape index (κ2) is 13.4. The minimum atomic E-state index is -4.45. The molecule has 2 aliphatic heterocycles. The summed E-state index contributed by atoms with van der Waals surface area (Å²) in [5.41, 5.74) is 1.20. The maximum atomic E-state index is 14.2. The molecule has 0 bridgehead atoms. The Bertz CT molecular complexity index is 1760. The molecule has 246 valence electrons. The molecule has 47 heavy (non-hydrogen) atoms. The van der Waals surface area contributed by atoms with Gasteiger partial charge in [0.1, 0.15) is 5.82 Å². The molecule has 2 saturated heterocycles. The fourth-order valence-electron chi connectivity index (χ4n) is 6.34. The van der Waals surface area contributed by atoms with E-state index in [1.165, 1.54) is 18.2 Å². The van der Waals surface area contributed by atoms with Crippen molar-refractivity contribution >= 4 is 34.8 Å². The molecule has 1 atom stereocenters. The number of halogens is 6. The van der Waals surface area contributed by atoms with Crippen molar-refractivity contribution < 1.29 is 31.1 Å². The number of pyridine rings is 1. The normalized spacial score (nSPS) is 17.7. The number of nitrogens with zero attached hydrogens (tertiary/aromatic N) is 3. The summed E-state index contributed by atoms with van der Waals surface area (Å²) in [6.45, 7) is 3.69. The third kappa shape index (κ3) is 7.78. The first kappa shape index (κ1) is 32.6. The van der Waals surface area contributed by atoms with E-state index in [0.717, 1.165) is 69.6 Å². The van der Waals surface area contributed by atoms with Gasteiger partial charge in [-0.2, -0.15) is 26.3 Å². The van der Waals surface area contributed by atoms with Gasteiger partial charge in [-0.25, -0.2) is 4.98 Å². The molecule has 0 aliphatic carbocycles. The largest absolute Gasteiger partial charge is 0.416 e. The van der Waals surface area contributed by atoms with Crippen molar-refractivity contribution in [3.05, 3.63) is 106 Å². The smallest absolute Gasteiger partial charge is 0.366 e. The molecule has 0 spiro atoms. The van der Waals surface area contributed by atoms with E-state index in [1.807, 2.05) is 11.0 Å². The summed E-state index contributed by atoms with van der Waals surface area (Å²) in [7, 11) is 0. The van der Waals surface area contributed by atoms with E-state index < -0.39 is 23.5 Å². The van der Waals surface area contributed by atoms with E-state index in [0.29, 0.717) is 45.5 Å². The molecule has 3 aromatic carbocycles. The Morgan fingerprint density at radius 3 is 2.21 bits per heavy atom. The first-order chi connectivity index (χ1) is 22.4. The van der Waals surface area contributed by atoms with Gasteiger partial charge in [-0.1, -0.05) is 42.5 Å². The molecule has 3 heterocycles. The number of likely N-dealkylation sites (tertiary alicyclic amines) is 2. The van der Waals surface area contributed by atoms with Gasteiger partial charge in [-0.05, 0) is 97.9 Å². The molecule has 5 nitrogen and oxygen atoms in total. The van der Waals surface area contributed by atoms with Crippen LogP contribution in [-0.4, -0.2) is 52.9 Å². The van der Waals surface area contributed by atoms with Gasteiger partial charge in [0.25, 0.3) is 5.91 Å². The third-order valence-electron chi connectivity index (χ3n) is 8.81. The van der Waals surface area contributed by atoms with Gasteiger partial charge in [0.15, 0.2) is 0 Å². The van der Waals surface area contributed by atoms with Crippen molar-refractivity contribution in [3.63, 3.8) is 0 Å². The Morgan fingerprint density at radius 2 is 1.51 bits per heavy atom. The highest BCUT2D eigenvalue weighted by atomic mass is 19.4. The van der Waals surface area contributed by atoms with E-state index in [2.05, 4.69) is 10.2 Å². The number of fused-ring (bicyclic) bond motifs is 1. The zero-order chi connectivity index (χ0) is 33.2. The number of hydrogen-bond acceptors (Lipinski definition) is 4. The highest BCUT2D eigenvalue weighted by Crippen LogP contribution is 2.32. The van der Waals surface area contributed by atoms with Crippen LogP contribution in [0, 0.1) is 0 Å². The number of rotatable bonds is 8. The third-order valence-corrected chi connectivity index (χ3v) is 8.81. The zero-order valence-corrected chi connectivity index (χ0v) is 25.5. The van der Waals surface area contributed by atoms with Gasteiger partial charge >= 0.3 is 12.4 Å². The van der Waals surface area contributed by atoms with E-state index in [4.69, 9.17) is 4.98 Å². The number of carbonyl (C=O) groups excluding carboxylic acids is 1. The lowest BCUT2D eigenvalue weighted by atomic mass is 10.0. The van der Waals surface area contributed by atoms with Gasteiger partial charge in [0.2, 0.25) is 0 Å². The molecule has 1 amide bonds.